The topological polar surface area (TPSA) is 18.5 Å². The maximum Gasteiger partial charge on any atom is 0.0717 e. The molecule has 2 atom stereocenters. The highest BCUT2D eigenvalue weighted by molar-refractivity contribution is 7.39. The second-order valence-corrected chi connectivity index (χ2v) is 8.27. The molecule has 0 aliphatic heterocycles. The van der Waals surface area contributed by atoms with E-state index in [0.29, 0.717) is 24.5 Å². The molecule has 2 unspecified atom stereocenters. The molecular weight excluding hydrogens is 303 g/mol. The van der Waals surface area contributed by atoms with Crippen molar-refractivity contribution >= 4 is 8.58 Å². The molecule has 0 bridgehead atoms. The Morgan fingerprint density at radius 1 is 0.696 bits per heavy atom. The summed E-state index contributed by atoms with van der Waals surface area (Å²) in [7, 11) is 0.865. The van der Waals surface area contributed by atoms with Gasteiger partial charge in [-0.15, -0.1) is 8.58 Å². The van der Waals surface area contributed by atoms with E-state index >= 15 is 0 Å². The molecule has 0 saturated carbocycles. The van der Waals surface area contributed by atoms with Crippen molar-refractivity contribution in [3.05, 3.63) is 71.8 Å². The van der Waals surface area contributed by atoms with E-state index < -0.39 is 0 Å². The molecule has 0 saturated heterocycles. The first-order valence-electron chi connectivity index (χ1n) is 8.23. The molecule has 2 nitrogen and oxygen atoms in total. The highest BCUT2D eigenvalue weighted by Crippen LogP contribution is 2.26. The van der Waals surface area contributed by atoms with Crippen LogP contribution in [-0.4, -0.2) is 24.5 Å². The summed E-state index contributed by atoms with van der Waals surface area (Å²) in [5, 5.41) is 0. The fourth-order valence-corrected chi connectivity index (χ4v) is 3.84. The Hall–Kier alpha value is -1.21. The van der Waals surface area contributed by atoms with Crippen LogP contribution in [0.1, 0.15) is 25.0 Å². The van der Waals surface area contributed by atoms with Crippen molar-refractivity contribution in [3.63, 3.8) is 0 Å². The second-order valence-electron chi connectivity index (χ2n) is 5.97. The molecule has 0 aliphatic carbocycles. The average molecular weight is 330 g/mol. The molecule has 0 radical (unpaired) electrons. The SMILES string of the molecule is CC(COCc1ccccc1)PC(C)COCc1ccccc1. The van der Waals surface area contributed by atoms with Crippen molar-refractivity contribution in [3.8, 4) is 0 Å². The Bertz CT molecular complexity index is 480. The lowest BCUT2D eigenvalue weighted by Crippen LogP contribution is -2.14. The highest BCUT2D eigenvalue weighted by Gasteiger charge is 2.09. The van der Waals surface area contributed by atoms with Crippen molar-refractivity contribution < 1.29 is 9.47 Å². The third-order valence-electron chi connectivity index (χ3n) is 3.53. The molecule has 0 spiro atoms. The maximum absolute atomic E-state index is 5.82. The van der Waals surface area contributed by atoms with Crippen LogP contribution in [0.3, 0.4) is 0 Å². The summed E-state index contributed by atoms with van der Waals surface area (Å²) in [5.74, 6) is 0. The van der Waals surface area contributed by atoms with Gasteiger partial charge in [-0.25, -0.2) is 0 Å². The highest BCUT2D eigenvalue weighted by atomic mass is 31.1. The van der Waals surface area contributed by atoms with E-state index in [9.17, 15) is 0 Å². The Labute approximate surface area is 142 Å². The summed E-state index contributed by atoms with van der Waals surface area (Å²) in [6, 6.07) is 20.7. The second kappa shape index (κ2) is 10.5. The number of hydrogen-bond acceptors (Lipinski definition) is 2. The summed E-state index contributed by atoms with van der Waals surface area (Å²) in [6.07, 6.45) is 0. The lowest BCUT2D eigenvalue weighted by molar-refractivity contribution is 0.119. The van der Waals surface area contributed by atoms with E-state index in [1.807, 2.05) is 12.1 Å². The summed E-state index contributed by atoms with van der Waals surface area (Å²) < 4.78 is 11.6. The van der Waals surface area contributed by atoms with Gasteiger partial charge in [0.1, 0.15) is 0 Å². The van der Waals surface area contributed by atoms with Gasteiger partial charge in [0.15, 0.2) is 0 Å². The van der Waals surface area contributed by atoms with Gasteiger partial charge >= 0.3 is 0 Å². The summed E-state index contributed by atoms with van der Waals surface area (Å²) in [5.41, 5.74) is 3.63. The van der Waals surface area contributed by atoms with Gasteiger partial charge in [0.2, 0.25) is 0 Å². The third-order valence-corrected chi connectivity index (χ3v) is 5.00. The van der Waals surface area contributed by atoms with Gasteiger partial charge in [-0.1, -0.05) is 74.5 Å². The van der Waals surface area contributed by atoms with Crippen molar-refractivity contribution in [2.45, 2.75) is 38.4 Å². The first-order valence-corrected chi connectivity index (χ1v) is 9.39. The molecule has 3 heteroatoms. The zero-order valence-electron chi connectivity index (χ0n) is 14.1. The van der Waals surface area contributed by atoms with Crippen LogP contribution in [0.5, 0.6) is 0 Å². The largest absolute Gasteiger partial charge is 0.376 e. The van der Waals surface area contributed by atoms with Gasteiger partial charge in [-0.2, -0.15) is 0 Å². The fraction of sp³-hybridized carbons (Fsp3) is 0.400. The number of rotatable bonds is 10. The van der Waals surface area contributed by atoms with Crippen molar-refractivity contribution in [1.29, 1.82) is 0 Å². The molecule has 124 valence electrons. The molecule has 2 aromatic rings. The van der Waals surface area contributed by atoms with Crippen LogP contribution >= 0.6 is 8.58 Å². The number of benzene rings is 2. The predicted molar refractivity (Wildman–Crippen MR) is 99.4 cm³/mol. The van der Waals surface area contributed by atoms with Gasteiger partial charge in [-0.05, 0) is 22.4 Å². The van der Waals surface area contributed by atoms with Gasteiger partial charge < -0.3 is 9.47 Å². The number of hydrogen-bond donors (Lipinski definition) is 0. The Kier molecular flexibility index (Phi) is 8.31. The fourth-order valence-electron chi connectivity index (χ4n) is 2.44. The minimum atomic E-state index is 0.578. The molecule has 0 heterocycles. The van der Waals surface area contributed by atoms with Crippen LogP contribution < -0.4 is 0 Å². The van der Waals surface area contributed by atoms with E-state index in [1.165, 1.54) is 11.1 Å². The molecule has 0 aromatic heterocycles. The predicted octanol–water partition coefficient (Wildman–Crippen LogP) is 4.88. The van der Waals surface area contributed by atoms with Gasteiger partial charge in [-0.3, -0.25) is 0 Å². The summed E-state index contributed by atoms with van der Waals surface area (Å²) in [6.45, 7) is 7.56. The minimum Gasteiger partial charge on any atom is -0.376 e. The lowest BCUT2D eigenvalue weighted by Gasteiger charge is -2.18. The first kappa shape index (κ1) is 18.1. The van der Waals surface area contributed by atoms with E-state index in [-0.39, 0.29) is 0 Å². The summed E-state index contributed by atoms with van der Waals surface area (Å²) in [4.78, 5) is 0. The van der Waals surface area contributed by atoms with Crippen LogP contribution in [0.4, 0.5) is 0 Å². The van der Waals surface area contributed by atoms with E-state index in [1.54, 1.807) is 0 Å². The van der Waals surface area contributed by atoms with Crippen LogP contribution in [0.15, 0.2) is 60.7 Å². The van der Waals surface area contributed by atoms with Crippen LogP contribution in [0, 0.1) is 0 Å². The van der Waals surface area contributed by atoms with Gasteiger partial charge in [0.25, 0.3) is 0 Å². The van der Waals surface area contributed by atoms with Crippen LogP contribution in [0.2, 0.25) is 0 Å². The first-order chi connectivity index (χ1) is 11.2. The molecule has 2 aromatic carbocycles. The zero-order valence-corrected chi connectivity index (χ0v) is 15.1. The zero-order chi connectivity index (χ0) is 16.3. The maximum atomic E-state index is 5.82. The number of ether oxygens (including phenoxy) is 2. The molecule has 0 N–H and O–H groups in total. The molecule has 2 rings (SSSR count). The van der Waals surface area contributed by atoms with E-state index in [2.05, 4.69) is 62.4 Å². The Morgan fingerprint density at radius 2 is 1.09 bits per heavy atom. The lowest BCUT2D eigenvalue weighted by atomic mass is 10.2. The van der Waals surface area contributed by atoms with Gasteiger partial charge in [0, 0.05) is 0 Å². The molecule has 0 fully saturated rings. The van der Waals surface area contributed by atoms with Gasteiger partial charge in [0.05, 0.1) is 26.4 Å². The smallest absolute Gasteiger partial charge is 0.0717 e. The average Bonchev–Trinajstić information content (AvgIpc) is 2.57. The molecular formula is C20H27O2P. The normalized spacial score (nSPS) is 14.2. The monoisotopic (exact) mass is 330 g/mol. The quantitative estimate of drug-likeness (QED) is 0.578. The standard InChI is InChI=1S/C20H27O2P/c1-17(13-21-15-19-9-5-3-6-10-19)23-18(2)14-22-16-20-11-7-4-8-12-20/h3-12,17-18,23H,13-16H2,1-2H3. The molecule has 23 heavy (non-hydrogen) atoms. The summed E-state index contributed by atoms with van der Waals surface area (Å²) >= 11 is 0. The van der Waals surface area contributed by atoms with Crippen molar-refractivity contribution in [2.24, 2.45) is 0 Å². The van der Waals surface area contributed by atoms with Crippen molar-refractivity contribution in [1.82, 2.24) is 0 Å². The van der Waals surface area contributed by atoms with Crippen LogP contribution in [0.25, 0.3) is 0 Å². The molecule has 0 aliphatic rings. The Balaban J connectivity index is 1.56. The van der Waals surface area contributed by atoms with Crippen LogP contribution in [-0.2, 0) is 22.7 Å². The van der Waals surface area contributed by atoms with Crippen molar-refractivity contribution in [2.75, 3.05) is 13.2 Å². The van der Waals surface area contributed by atoms with E-state index in [4.69, 9.17) is 9.47 Å². The minimum absolute atomic E-state index is 0.578. The Morgan fingerprint density at radius 3 is 1.48 bits per heavy atom. The van der Waals surface area contributed by atoms with E-state index in [0.717, 1.165) is 21.8 Å². The molecule has 0 amide bonds. The third kappa shape index (κ3) is 7.74.